The van der Waals surface area contributed by atoms with E-state index < -0.39 is 12.0 Å². The van der Waals surface area contributed by atoms with Crippen LogP contribution in [0, 0.1) is 0 Å². The Morgan fingerprint density at radius 2 is 2.00 bits per heavy atom. The standard InChI is InChI=1S/C13H16N2O3S2/c1-9(16)14-11(12(17)18)7-8-20-13(19)15-10-5-3-2-4-6-10/h2-6,11H,7-8H2,1H3,(H,14,16)(H,15,19)(H,17,18). The molecule has 0 spiro atoms. The third-order valence-electron chi connectivity index (χ3n) is 2.34. The van der Waals surface area contributed by atoms with E-state index in [2.05, 4.69) is 10.6 Å². The van der Waals surface area contributed by atoms with Crippen LogP contribution in [0.4, 0.5) is 5.69 Å². The highest BCUT2D eigenvalue weighted by molar-refractivity contribution is 8.23. The molecule has 7 heteroatoms. The molecule has 0 aliphatic carbocycles. The SMILES string of the molecule is CC(=O)NC(CCSC(=S)Nc1ccccc1)C(=O)O. The Labute approximate surface area is 127 Å². The summed E-state index contributed by atoms with van der Waals surface area (Å²) in [5.74, 6) is -0.884. The van der Waals surface area contributed by atoms with Crippen LogP contribution in [0.3, 0.4) is 0 Å². The predicted octanol–water partition coefficient (Wildman–Crippen LogP) is 2.10. The number of para-hydroxylation sites is 1. The van der Waals surface area contributed by atoms with Gasteiger partial charge in [-0.05, 0) is 18.6 Å². The summed E-state index contributed by atoms with van der Waals surface area (Å²) >= 11 is 6.51. The molecule has 0 fully saturated rings. The van der Waals surface area contributed by atoms with E-state index >= 15 is 0 Å². The second kappa shape index (κ2) is 8.55. The van der Waals surface area contributed by atoms with Gasteiger partial charge in [0.25, 0.3) is 0 Å². The van der Waals surface area contributed by atoms with Gasteiger partial charge in [-0.1, -0.05) is 42.2 Å². The third kappa shape index (κ3) is 6.53. The maximum Gasteiger partial charge on any atom is 0.326 e. The van der Waals surface area contributed by atoms with E-state index in [1.807, 2.05) is 30.3 Å². The van der Waals surface area contributed by atoms with Gasteiger partial charge < -0.3 is 15.7 Å². The van der Waals surface area contributed by atoms with Gasteiger partial charge in [0.2, 0.25) is 5.91 Å². The zero-order chi connectivity index (χ0) is 15.0. The average molecular weight is 312 g/mol. The topological polar surface area (TPSA) is 78.4 Å². The van der Waals surface area contributed by atoms with Gasteiger partial charge in [-0.3, -0.25) is 4.79 Å². The van der Waals surface area contributed by atoms with Crippen LogP contribution in [0.25, 0.3) is 0 Å². The molecule has 0 heterocycles. The number of rotatable bonds is 6. The maximum atomic E-state index is 10.9. The molecule has 0 aliphatic heterocycles. The minimum atomic E-state index is -1.04. The zero-order valence-electron chi connectivity index (χ0n) is 11.0. The van der Waals surface area contributed by atoms with Crippen molar-refractivity contribution in [3.63, 3.8) is 0 Å². The van der Waals surface area contributed by atoms with Crippen LogP contribution in [0.1, 0.15) is 13.3 Å². The molecule has 0 radical (unpaired) electrons. The largest absolute Gasteiger partial charge is 0.480 e. The van der Waals surface area contributed by atoms with Gasteiger partial charge in [0, 0.05) is 18.4 Å². The molecule has 0 saturated carbocycles. The Hall–Kier alpha value is -1.60. The summed E-state index contributed by atoms with van der Waals surface area (Å²) in [5, 5.41) is 14.4. The summed E-state index contributed by atoms with van der Waals surface area (Å²) in [6, 6.07) is 8.61. The van der Waals surface area contributed by atoms with Gasteiger partial charge in [-0.25, -0.2) is 4.79 Å². The number of amides is 1. The lowest BCUT2D eigenvalue weighted by molar-refractivity contribution is -0.141. The van der Waals surface area contributed by atoms with Gasteiger partial charge in [0.15, 0.2) is 0 Å². The van der Waals surface area contributed by atoms with Crippen LogP contribution in [0.2, 0.25) is 0 Å². The van der Waals surface area contributed by atoms with Crippen molar-refractivity contribution in [2.45, 2.75) is 19.4 Å². The summed E-state index contributed by atoms with van der Waals surface area (Å²) in [7, 11) is 0. The Kier molecular flexibility index (Phi) is 7.03. The van der Waals surface area contributed by atoms with Gasteiger partial charge >= 0.3 is 5.97 Å². The van der Waals surface area contributed by atoms with E-state index in [0.717, 1.165) is 5.69 Å². The number of carboxylic acid groups (broad SMARTS) is 1. The quantitative estimate of drug-likeness (QED) is 0.698. The summed E-state index contributed by atoms with van der Waals surface area (Å²) in [6.45, 7) is 1.30. The molecule has 0 aliphatic rings. The fourth-order valence-corrected chi connectivity index (χ4v) is 2.54. The maximum absolute atomic E-state index is 10.9. The summed E-state index contributed by atoms with van der Waals surface area (Å²) in [4.78, 5) is 21.8. The van der Waals surface area contributed by atoms with Crippen LogP contribution in [-0.4, -0.2) is 33.1 Å². The van der Waals surface area contributed by atoms with E-state index in [4.69, 9.17) is 17.3 Å². The van der Waals surface area contributed by atoms with Gasteiger partial charge in [-0.2, -0.15) is 0 Å². The monoisotopic (exact) mass is 312 g/mol. The predicted molar refractivity (Wildman–Crippen MR) is 85.0 cm³/mol. The number of carboxylic acids is 1. The van der Waals surface area contributed by atoms with Crippen LogP contribution in [-0.2, 0) is 9.59 Å². The van der Waals surface area contributed by atoms with Crippen LogP contribution < -0.4 is 10.6 Å². The first-order chi connectivity index (χ1) is 9.49. The second-order valence-electron chi connectivity index (χ2n) is 4.01. The number of nitrogens with one attached hydrogen (secondary N) is 2. The molecule has 1 rings (SSSR count). The lowest BCUT2D eigenvalue weighted by Gasteiger charge is -2.13. The van der Waals surface area contributed by atoms with Gasteiger partial charge in [0.05, 0.1) is 0 Å². The van der Waals surface area contributed by atoms with Crippen molar-refractivity contribution < 1.29 is 14.7 Å². The number of thiocarbonyl (C=S) groups is 1. The third-order valence-corrected chi connectivity index (χ3v) is 3.60. The summed E-state index contributed by atoms with van der Waals surface area (Å²) in [6.07, 6.45) is 0.316. The number of hydrogen-bond acceptors (Lipinski definition) is 4. The molecule has 3 N–H and O–H groups in total. The Morgan fingerprint density at radius 1 is 1.35 bits per heavy atom. The number of carbonyl (C=O) groups excluding carboxylic acids is 1. The molecule has 1 aromatic carbocycles. The first kappa shape index (κ1) is 16.5. The molecule has 1 aromatic rings. The highest BCUT2D eigenvalue weighted by atomic mass is 32.2. The van der Waals surface area contributed by atoms with Crippen molar-refractivity contribution in [3.8, 4) is 0 Å². The minimum absolute atomic E-state index is 0.316. The lowest BCUT2D eigenvalue weighted by atomic mass is 10.2. The lowest BCUT2D eigenvalue weighted by Crippen LogP contribution is -2.40. The number of aliphatic carboxylic acids is 1. The van der Waals surface area contributed by atoms with E-state index in [0.29, 0.717) is 16.5 Å². The first-order valence-electron chi connectivity index (χ1n) is 5.98. The molecule has 1 unspecified atom stereocenters. The molecule has 0 saturated heterocycles. The number of thioether (sulfide) groups is 1. The van der Waals surface area contributed by atoms with E-state index in [1.165, 1.54) is 18.7 Å². The molecule has 1 atom stereocenters. The highest BCUT2D eigenvalue weighted by Gasteiger charge is 2.17. The molecular weight excluding hydrogens is 296 g/mol. The van der Waals surface area contributed by atoms with E-state index in [1.54, 1.807) is 0 Å². The number of anilines is 1. The molecular formula is C13H16N2O3S2. The average Bonchev–Trinajstić information content (AvgIpc) is 2.38. The Bertz CT molecular complexity index is 480. The van der Waals surface area contributed by atoms with Crippen LogP contribution in [0.5, 0.6) is 0 Å². The van der Waals surface area contributed by atoms with Crippen molar-refractivity contribution in [1.82, 2.24) is 5.32 Å². The number of hydrogen-bond donors (Lipinski definition) is 3. The highest BCUT2D eigenvalue weighted by Crippen LogP contribution is 2.13. The molecule has 0 bridgehead atoms. The number of benzene rings is 1. The summed E-state index contributed by atoms with van der Waals surface area (Å²) in [5.41, 5.74) is 0.890. The van der Waals surface area contributed by atoms with E-state index in [9.17, 15) is 9.59 Å². The van der Waals surface area contributed by atoms with Crippen molar-refractivity contribution >= 4 is 45.9 Å². The molecule has 1 amide bonds. The smallest absolute Gasteiger partial charge is 0.326 e. The molecule has 20 heavy (non-hydrogen) atoms. The second-order valence-corrected chi connectivity index (χ2v) is 5.78. The van der Waals surface area contributed by atoms with Crippen molar-refractivity contribution in [1.29, 1.82) is 0 Å². The Morgan fingerprint density at radius 3 is 2.55 bits per heavy atom. The first-order valence-corrected chi connectivity index (χ1v) is 7.37. The van der Waals surface area contributed by atoms with Crippen LogP contribution in [0.15, 0.2) is 30.3 Å². The minimum Gasteiger partial charge on any atom is -0.480 e. The van der Waals surface area contributed by atoms with Crippen molar-refractivity contribution in [2.75, 3.05) is 11.1 Å². The van der Waals surface area contributed by atoms with Crippen molar-refractivity contribution in [3.05, 3.63) is 30.3 Å². The van der Waals surface area contributed by atoms with Crippen LogP contribution >= 0.6 is 24.0 Å². The summed E-state index contributed by atoms with van der Waals surface area (Å²) < 4.78 is 0.572. The van der Waals surface area contributed by atoms with Gasteiger partial charge in [-0.15, -0.1) is 0 Å². The molecule has 108 valence electrons. The zero-order valence-corrected chi connectivity index (χ0v) is 12.6. The molecule has 0 aromatic heterocycles. The normalized spacial score (nSPS) is 11.4. The number of carbonyl (C=O) groups is 2. The fourth-order valence-electron chi connectivity index (χ4n) is 1.45. The fraction of sp³-hybridized carbons (Fsp3) is 0.308. The van der Waals surface area contributed by atoms with Gasteiger partial charge in [0.1, 0.15) is 10.4 Å². The van der Waals surface area contributed by atoms with E-state index in [-0.39, 0.29) is 5.91 Å². The Balaban J connectivity index is 2.33. The molecule has 5 nitrogen and oxygen atoms in total. The van der Waals surface area contributed by atoms with Crippen molar-refractivity contribution in [2.24, 2.45) is 0 Å².